The summed E-state index contributed by atoms with van der Waals surface area (Å²) >= 11 is 0. The Morgan fingerprint density at radius 1 is 1.36 bits per heavy atom. The van der Waals surface area contributed by atoms with Crippen molar-refractivity contribution in [2.45, 2.75) is 26.7 Å². The lowest BCUT2D eigenvalue weighted by Gasteiger charge is -2.10. The number of hydrogen-bond donors (Lipinski definition) is 1. The molecule has 0 fully saturated rings. The molecule has 0 amide bonds. The summed E-state index contributed by atoms with van der Waals surface area (Å²) in [6, 6.07) is 5.69. The van der Waals surface area contributed by atoms with Gasteiger partial charge in [0.2, 0.25) is 5.95 Å². The van der Waals surface area contributed by atoms with Crippen LogP contribution in [-0.2, 0) is 0 Å². The van der Waals surface area contributed by atoms with Gasteiger partial charge < -0.3 is 15.2 Å². The maximum absolute atomic E-state index is 5.75. The summed E-state index contributed by atoms with van der Waals surface area (Å²) in [6.45, 7) is 4.68. The van der Waals surface area contributed by atoms with Crippen LogP contribution in [0.5, 0.6) is 11.5 Å². The first-order valence-electron chi connectivity index (χ1n) is 7.30. The summed E-state index contributed by atoms with van der Waals surface area (Å²) < 4.78 is 12.6. The molecule has 0 saturated heterocycles. The highest BCUT2D eigenvalue weighted by molar-refractivity contribution is 5.81. The second kappa shape index (κ2) is 7.49. The van der Waals surface area contributed by atoms with Gasteiger partial charge >= 0.3 is 0 Å². The first kappa shape index (κ1) is 15.9. The number of imidazole rings is 1. The van der Waals surface area contributed by atoms with E-state index in [0.717, 1.165) is 29.8 Å². The third-order valence-electron chi connectivity index (χ3n) is 3.11. The van der Waals surface area contributed by atoms with Crippen LogP contribution < -0.4 is 15.2 Å². The predicted octanol–water partition coefficient (Wildman–Crippen LogP) is 2.84. The lowest BCUT2D eigenvalue weighted by molar-refractivity contribution is 0.288. The van der Waals surface area contributed by atoms with Crippen molar-refractivity contribution in [3.05, 3.63) is 35.7 Å². The van der Waals surface area contributed by atoms with Crippen LogP contribution in [0.3, 0.4) is 0 Å². The zero-order chi connectivity index (χ0) is 15.9. The maximum Gasteiger partial charge on any atom is 0.221 e. The molecule has 0 unspecified atom stereocenters. The molecule has 2 N–H and O–H groups in total. The topological polar surface area (TPSA) is 74.7 Å². The standard InChI is InChI=1S/C16H22N4O2/c1-4-5-8-22-14-7-6-13(9-15(14)21-3)10-18-20-11-12(2)19-16(20)17/h6-7,9-11H,4-5,8H2,1-3H3,(H2,17,19). The van der Waals surface area contributed by atoms with E-state index in [0.29, 0.717) is 18.3 Å². The summed E-state index contributed by atoms with van der Waals surface area (Å²) in [7, 11) is 1.63. The smallest absolute Gasteiger partial charge is 0.221 e. The van der Waals surface area contributed by atoms with Gasteiger partial charge in [0, 0.05) is 0 Å². The van der Waals surface area contributed by atoms with Crippen LogP contribution >= 0.6 is 0 Å². The van der Waals surface area contributed by atoms with E-state index in [2.05, 4.69) is 17.0 Å². The second-order valence-electron chi connectivity index (χ2n) is 4.94. The number of methoxy groups -OCH3 is 1. The van der Waals surface area contributed by atoms with Gasteiger partial charge in [0.25, 0.3) is 0 Å². The van der Waals surface area contributed by atoms with Crippen molar-refractivity contribution in [3.8, 4) is 11.5 Å². The molecule has 1 aromatic carbocycles. The van der Waals surface area contributed by atoms with E-state index in [4.69, 9.17) is 15.2 Å². The normalized spacial score (nSPS) is 11.0. The average molecular weight is 302 g/mol. The van der Waals surface area contributed by atoms with E-state index in [1.54, 1.807) is 19.5 Å². The largest absolute Gasteiger partial charge is 0.493 e. The number of aryl methyl sites for hydroxylation is 1. The number of nitrogens with zero attached hydrogens (tertiary/aromatic N) is 3. The van der Waals surface area contributed by atoms with Crippen molar-refractivity contribution in [2.75, 3.05) is 19.5 Å². The lowest BCUT2D eigenvalue weighted by Crippen LogP contribution is -2.00. The van der Waals surface area contributed by atoms with Crippen LogP contribution in [0.1, 0.15) is 31.0 Å². The number of aromatic nitrogens is 2. The van der Waals surface area contributed by atoms with Crippen molar-refractivity contribution in [1.82, 2.24) is 9.66 Å². The fourth-order valence-corrected chi connectivity index (χ4v) is 1.94. The van der Waals surface area contributed by atoms with Crippen LogP contribution in [0.2, 0.25) is 0 Å². The minimum absolute atomic E-state index is 0.361. The Morgan fingerprint density at radius 3 is 2.82 bits per heavy atom. The molecule has 118 valence electrons. The molecule has 0 aliphatic heterocycles. The van der Waals surface area contributed by atoms with Gasteiger partial charge in [-0.15, -0.1) is 0 Å². The molecule has 0 aliphatic rings. The summed E-state index contributed by atoms with van der Waals surface area (Å²) in [6.07, 6.45) is 5.59. The van der Waals surface area contributed by atoms with Gasteiger partial charge in [0.15, 0.2) is 11.5 Å². The van der Waals surface area contributed by atoms with Crippen molar-refractivity contribution >= 4 is 12.2 Å². The van der Waals surface area contributed by atoms with Crippen LogP contribution in [0, 0.1) is 6.92 Å². The molecule has 1 aromatic heterocycles. The molecular weight excluding hydrogens is 280 g/mol. The molecule has 22 heavy (non-hydrogen) atoms. The maximum atomic E-state index is 5.75. The fraction of sp³-hybridized carbons (Fsp3) is 0.375. The van der Waals surface area contributed by atoms with E-state index in [-0.39, 0.29) is 0 Å². The molecule has 6 heteroatoms. The Morgan fingerprint density at radius 2 is 2.18 bits per heavy atom. The Bertz CT molecular complexity index is 650. The van der Waals surface area contributed by atoms with Crippen LogP contribution in [0.4, 0.5) is 5.95 Å². The number of hydrogen-bond acceptors (Lipinski definition) is 5. The summed E-state index contributed by atoms with van der Waals surface area (Å²) in [5.41, 5.74) is 7.47. The number of nitrogen functional groups attached to an aromatic ring is 1. The number of rotatable bonds is 7. The van der Waals surface area contributed by atoms with E-state index in [9.17, 15) is 0 Å². The molecule has 0 radical (unpaired) electrons. The van der Waals surface area contributed by atoms with Gasteiger partial charge in [-0.3, -0.25) is 0 Å². The van der Waals surface area contributed by atoms with Crippen molar-refractivity contribution in [2.24, 2.45) is 5.10 Å². The molecule has 0 atom stereocenters. The molecule has 1 heterocycles. The summed E-state index contributed by atoms with van der Waals surface area (Å²) in [4.78, 5) is 4.10. The van der Waals surface area contributed by atoms with Gasteiger partial charge in [0.05, 0.1) is 31.8 Å². The minimum atomic E-state index is 0.361. The van der Waals surface area contributed by atoms with E-state index in [1.165, 1.54) is 4.68 Å². The minimum Gasteiger partial charge on any atom is -0.493 e. The predicted molar refractivity (Wildman–Crippen MR) is 87.8 cm³/mol. The Hall–Kier alpha value is -2.50. The second-order valence-corrected chi connectivity index (χ2v) is 4.94. The average Bonchev–Trinajstić information content (AvgIpc) is 2.84. The monoisotopic (exact) mass is 302 g/mol. The van der Waals surface area contributed by atoms with Gasteiger partial charge in [-0.1, -0.05) is 13.3 Å². The van der Waals surface area contributed by atoms with E-state index < -0.39 is 0 Å². The molecule has 0 bridgehead atoms. The first-order chi connectivity index (χ1) is 10.6. The Kier molecular flexibility index (Phi) is 5.41. The lowest BCUT2D eigenvalue weighted by atomic mass is 10.2. The van der Waals surface area contributed by atoms with Gasteiger partial charge in [-0.05, 0) is 37.1 Å². The quantitative estimate of drug-likeness (QED) is 0.630. The van der Waals surface area contributed by atoms with Crippen molar-refractivity contribution in [1.29, 1.82) is 0 Å². The highest BCUT2D eigenvalue weighted by atomic mass is 16.5. The fourth-order valence-electron chi connectivity index (χ4n) is 1.94. The number of anilines is 1. The molecule has 0 aliphatic carbocycles. The molecule has 0 saturated carbocycles. The van der Waals surface area contributed by atoms with Gasteiger partial charge in [0.1, 0.15) is 0 Å². The van der Waals surface area contributed by atoms with Gasteiger partial charge in [-0.25, -0.2) is 9.66 Å². The third-order valence-corrected chi connectivity index (χ3v) is 3.11. The number of benzene rings is 1. The highest BCUT2D eigenvalue weighted by Crippen LogP contribution is 2.27. The highest BCUT2D eigenvalue weighted by Gasteiger charge is 2.05. The van der Waals surface area contributed by atoms with E-state index in [1.807, 2.05) is 25.1 Å². The molecular formula is C16H22N4O2. The molecule has 2 aromatic rings. The zero-order valence-corrected chi connectivity index (χ0v) is 13.2. The van der Waals surface area contributed by atoms with Crippen LogP contribution in [-0.4, -0.2) is 29.6 Å². The number of nitrogens with two attached hydrogens (primary N) is 1. The van der Waals surface area contributed by atoms with Gasteiger partial charge in [-0.2, -0.15) is 5.10 Å². The number of unbranched alkanes of at least 4 members (excludes halogenated alkanes) is 1. The Labute approximate surface area is 130 Å². The Balaban J connectivity index is 2.13. The summed E-state index contributed by atoms with van der Waals surface area (Å²) in [5.74, 6) is 1.79. The van der Waals surface area contributed by atoms with Crippen molar-refractivity contribution in [3.63, 3.8) is 0 Å². The van der Waals surface area contributed by atoms with Crippen molar-refractivity contribution < 1.29 is 9.47 Å². The SMILES string of the molecule is CCCCOc1ccc(C=Nn2cc(C)nc2N)cc1OC. The molecule has 0 spiro atoms. The van der Waals surface area contributed by atoms with Crippen LogP contribution in [0.25, 0.3) is 0 Å². The first-order valence-corrected chi connectivity index (χ1v) is 7.30. The van der Waals surface area contributed by atoms with Crippen LogP contribution in [0.15, 0.2) is 29.5 Å². The summed E-state index contributed by atoms with van der Waals surface area (Å²) in [5, 5.41) is 4.29. The number of ether oxygens (including phenoxy) is 2. The third kappa shape index (κ3) is 4.00. The zero-order valence-electron chi connectivity index (χ0n) is 13.2. The van der Waals surface area contributed by atoms with E-state index >= 15 is 0 Å². The molecule has 6 nitrogen and oxygen atoms in total. The molecule has 2 rings (SSSR count).